The summed E-state index contributed by atoms with van der Waals surface area (Å²) in [6.45, 7) is 2.02. The molecule has 5 nitrogen and oxygen atoms in total. The number of hydrogen-bond donors (Lipinski definition) is 2. The van der Waals surface area contributed by atoms with Crippen molar-refractivity contribution in [2.75, 3.05) is 6.61 Å². The second-order valence-electron chi connectivity index (χ2n) is 5.28. The average molecular weight is 298 g/mol. The van der Waals surface area contributed by atoms with E-state index < -0.39 is 6.04 Å². The maximum absolute atomic E-state index is 12.2. The first kappa shape index (κ1) is 14.4. The fraction of sp³-hybridized carbons (Fsp3) is 0.235. The van der Waals surface area contributed by atoms with Crippen LogP contribution < -0.4 is 5.32 Å². The Balaban J connectivity index is 1.76. The molecule has 1 atom stereocenters. The molecule has 0 aliphatic rings. The Kier molecular flexibility index (Phi) is 3.98. The molecule has 0 fully saturated rings. The van der Waals surface area contributed by atoms with Crippen LogP contribution in [-0.2, 0) is 11.3 Å². The third kappa shape index (κ3) is 2.76. The number of aromatic nitrogens is 1. The number of hydrogen-bond acceptors (Lipinski definition) is 3. The molecule has 0 spiro atoms. The summed E-state index contributed by atoms with van der Waals surface area (Å²) in [6.07, 6.45) is 3.48. The number of amides is 1. The maximum atomic E-state index is 12.2. The van der Waals surface area contributed by atoms with Crippen molar-refractivity contribution in [1.29, 1.82) is 0 Å². The zero-order valence-electron chi connectivity index (χ0n) is 12.3. The highest BCUT2D eigenvalue weighted by Gasteiger charge is 2.17. The molecule has 5 heteroatoms. The molecule has 1 unspecified atom stereocenters. The van der Waals surface area contributed by atoms with Crippen LogP contribution in [0.4, 0.5) is 0 Å². The van der Waals surface area contributed by atoms with Crippen LogP contribution in [0.2, 0.25) is 0 Å². The number of nitrogens with zero attached hydrogens (tertiary/aromatic N) is 1. The molecule has 0 aliphatic carbocycles. The zero-order valence-corrected chi connectivity index (χ0v) is 12.3. The molecule has 114 valence electrons. The first-order valence-corrected chi connectivity index (χ1v) is 7.17. The summed E-state index contributed by atoms with van der Waals surface area (Å²) in [5.41, 5.74) is 2.15. The standard InChI is InChI=1S/C17H18N2O3/c1-12-9-19(15-6-3-2-5-13(12)15)10-17(21)18-14(11-20)16-7-4-8-22-16/h2-9,14,20H,10-11H2,1H3,(H,18,21). The van der Waals surface area contributed by atoms with Crippen LogP contribution in [0.25, 0.3) is 10.9 Å². The van der Waals surface area contributed by atoms with Crippen molar-refractivity contribution in [3.05, 3.63) is 60.2 Å². The van der Waals surface area contributed by atoms with Crippen LogP contribution in [0.15, 0.2) is 53.3 Å². The molecule has 3 rings (SSSR count). The first-order valence-electron chi connectivity index (χ1n) is 7.17. The van der Waals surface area contributed by atoms with Crippen molar-refractivity contribution < 1.29 is 14.3 Å². The zero-order chi connectivity index (χ0) is 15.5. The van der Waals surface area contributed by atoms with E-state index in [1.807, 2.05) is 42.0 Å². The smallest absolute Gasteiger partial charge is 0.240 e. The van der Waals surface area contributed by atoms with E-state index >= 15 is 0 Å². The Bertz CT molecular complexity index is 774. The number of aliphatic hydroxyl groups excluding tert-OH is 1. The SMILES string of the molecule is Cc1cn(CC(=O)NC(CO)c2ccco2)c2ccccc12. The summed E-state index contributed by atoms with van der Waals surface area (Å²) in [7, 11) is 0. The van der Waals surface area contributed by atoms with E-state index in [1.165, 1.54) is 6.26 Å². The summed E-state index contributed by atoms with van der Waals surface area (Å²) in [5, 5.41) is 13.3. The number of furan rings is 1. The molecule has 22 heavy (non-hydrogen) atoms. The average Bonchev–Trinajstić information content (AvgIpc) is 3.15. The largest absolute Gasteiger partial charge is 0.467 e. The van der Waals surface area contributed by atoms with Crippen LogP contribution in [-0.4, -0.2) is 22.2 Å². The second-order valence-corrected chi connectivity index (χ2v) is 5.28. The van der Waals surface area contributed by atoms with E-state index in [2.05, 4.69) is 5.32 Å². The lowest BCUT2D eigenvalue weighted by molar-refractivity contribution is -0.122. The molecule has 0 saturated heterocycles. The molecule has 2 N–H and O–H groups in total. The van der Waals surface area contributed by atoms with Crippen molar-refractivity contribution in [3.8, 4) is 0 Å². The van der Waals surface area contributed by atoms with Gasteiger partial charge in [0.1, 0.15) is 18.3 Å². The Hall–Kier alpha value is -2.53. The highest BCUT2D eigenvalue weighted by atomic mass is 16.3. The number of para-hydroxylation sites is 1. The summed E-state index contributed by atoms with van der Waals surface area (Å²) < 4.78 is 7.14. The lowest BCUT2D eigenvalue weighted by Crippen LogP contribution is -2.33. The van der Waals surface area contributed by atoms with Crippen molar-refractivity contribution in [3.63, 3.8) is 0 Å². The van der Waals surface area contributed by atoms with Gasteiger partial charge in [-0.05, 0) is 30.7 Å². The number of aryl methyl sites for hydroxylation is 1. The van der Waals surface area contributed by atoms with Gasteiger partial charge in [0.25, 0.3) is 0 Å². The molecule has 2 aromatic heterocycles. The molecule has 0 bridgehead atoms. The van der Waals surface area contributed by atoms with Gasteiger partial charge in [-0.3, -0.25) is 4.79 Å². The minimum atomic E-state index is -0.523. The highest BCUT2D eigenvalue weighted by molar-refractivity contribution is 5.86. The number of nitrogens with one attached hydrogen (secondary N) is 1. The molecule has 0 aliphatic heterocycles. The molecular formula is C17H18N2O3. The first-order chi connectivity index (χ1) is 10.7. The molecule has 2 heterocycles. The molecule has 1 amide bonds. The third-order valence-electron chi connectivity index (χ3n) is 3.71. The topological polar surface area (TPSA) is 67.4 Å². The van der Waals surface area contributed by atoms with Crippen LogP contribution in [0, 0.1) is 6.92 Å². The van der Waals surface area contributed by atoms with Gasteiger partial charge in [-0.2, -0.15) is 0 Å². The fourth-order valence-corrected chi connectivity index (χ4v) is 2.65. The Labute approximate surface area is 128 Å². The van der Waals surface area contributed by atoms with Crippen molar-refractivity contribution in [2.45, 2.75) is 19.5 Å². The van der Waals surface area contributed by atoms with E-state index in [0.29, 0.717) is 5.76 Å². The Morgan fingerprint density at radius 3 is 2.86 bits per heavy atom. The van der Waals surface area contributed by atoms with E-state index in [4.69, 9.17) is 4.42 Å². The number of aliphatic hydroxyl groups is 1. The molecule has 0 radical (unpaired) electrons. The third-order valence-corrected chi connectivity index (χ3v) is 3.71. The highest BCUT2D eigenvalue weighted by Crippen LogP contribution is 2.20. The lowest BCUT2D eigenvalue weighted by Gasteiger charge is -2.14. The quantitative estimate of drug-likeness (QED) is 0.760. The van der Waals surface area contributed by atoms with Gasteiger partial charge in [-0.15, -0.1) is 0 Å². The van der Waals surface area contributed by atoms with Gasteiger partial charge < -0.3 is 19.4 Å². The van der Waals surface area contributed by atoms with Gasteiger partial charge >= 0.3 is 0 Å². The maximum Gasteiger partial charge on any atom is 0.240 e. The number of carbonyl (C=O) groups is 1. The van der Waals surface area contributed by atoms with Gasteiger partial charge in [-0.25, -0.2) is 0 Å². The number of benzene rings is 1. The van der Waals surface area contributed by atoms with Crippen molar-refractivity contribution in [1.82, 2.24) is 9.88 Å². The number of carbonyl (C=O) groups excluding carboxylic acids is 1. The van der Waals surface area contributed by atoms with Crippen LogP contribution in [0.3, 0.4) is 0 Å². The minimum absolute atomic E-state index is 0.170. The van der Waals surface area contributed by atoms with Crippen LogP contribution >= 0.6 is 0 Å². The molecule has 3 aromatic rings. The number of fused-ring (bicyclic) bond motifs is 1. The molecular weight excluding hydrogens is 280 g/mol. The van der Waals surface area contributed by atoms with Gasteiger partial charge in [0.05, 0.1) is 12.9 Å². The monoisotopic (exact) mass is 298 g/mol. The van der Waals surface area contributed by atoms with E-state index in [1.54, 1.807) is 12.1 Å². The summed E-state index contributed by atoms with van der Waals surface area (Å²) in [6, 6.07) is 10.9. The summed E-state index contributed by atoms with van der Waals surface area (Å²) in [5.74, 6) is 0.376. The summed E-state index contributed by atoms with van der Waals surface area (Å²) >= 11 is 0. The van der Waals surface area contributed by atoms with Gasteiger partial charge in [0.2, 0.25) is 5.91 Å². The predicted octanol–water partition coefficient (Wildman–Crippen LogP) is 2.39. The van der Waals surface area contributed by atoms with Crippen molar-refractivity contribution in [2.24, 2.45) is 0 Å². The van der Waals surface area contributed by atoms with Crippen LogP contribution in [0.5, 0.6) is 0 Å². The fourth-order valence-electron chi connectivity index (χ4n) is 2.65. The van der Waals surface area contributed by atoms with E-state index in [-0.39, 0.29) is 19.1 Å². The second kappa shape index (κ2) is 6.07. The van der Waals surface area contributed by atoms with E-state index in [9.17, 15) is 9.90 Å². The van der Waals surface area contributed by atoms with Gasteiger partial charge in [-0.1, -0.05) is 18.2 Å². The lowest BCUT2D eigenvalue weighted by atomic mass is 10.2. The van der Waals surface area contributed by atoms with Gasteiger partial charge in [0, 0.05) is 17.1 Å². The minimum Gasteiger partial charge on any atom is -0.467 e. The van der Waals surface area contributed by atoms with Gasteiger partial charge in [0.15, 0.2) is 0 Å². The van der Waals surface area contributed by atoms with Crippen molar-refractivity contribution >= 4 is 16.8 Å². The normalized spacial score (nSPS) is 12.5. The Morgan fingerprint density at radius 2 is 2.14 bits per heavy atom. The summed E-state index contributed by atoms with van der Waals surface area (Å²) in [4.78, 5) is 12.2. The van der Waals surface area contributed by atoms with E-state index in [0.717, 1.165) is 16.5 Å². The van der Waals surface area contributed by atoms with Crippen LogP contribution in [0.1, 0.15) is 17.4 Å². The Morgan fingerprint density at radius 1 is 1.32 bits per heavy atom. The number of rotatable bonds is 5. The predicted molar refractivity (Wildman–Crippen MR) is 83.4 cm³/mol. The molecule has 0 saturated carbocycles. The molecule has 1 aromatic carbocycles.